The number of hydrogen-bond acceptors (Lipinski definition) is 1. The zero-order chi connectivity index (χ0) is 13.4. The number of rotatable bonds is 3. The summed E-state index contributed by atoms with van der Waals surface area (Å²) in [6.45, 7) is 4.45. The van der Waals surface area contributed by atoms with Gasteiger partial charge in [0.05, 0.1) is 0 Å². The maximum Gasteiger partial charge on any atom is 0.0297 e. The van der Waals surface area contributed by atoms with Crippen LogP contribution in [0.3, 0.4) is 0 Å². The van der Waals surface area contributed by atoms with Crippen molar-refractivity contribution >= 4 is 0 Å². The van der Waals surface area contributed by atoms with Crippen LogP contribution in [-0.2, 0) is 6.42 Å². The summed E-state index contributed by atoms with van der Waals surface area (Å²) in [5, 5.41) is 0. The van der Waals surface area contributed by atoms with Crippen molar-refractivity contribution in [2.45, 2.75) is 32.7 Å². The summed E-state index contributed by atoms with van der Waals surface area (Å²) < 4.78 is 0. The molecule has 1 aliphatic rings. The monoisotopic (exact) mass is 251 g/mol. The lowest BCUT2D eigenvalue weighted by Crippen LogP contribution is -2.13. The Morgan fingerprint density at radius 2 is 1.74 bits per heavy atom. The third-order valence-corrected chi connectivity index (χ3v) is 3.97. The van der Waals surface area contributed by atoms with Gasteiger partial charge in [-0.05, 0) is 46.6 Å². The highest BCUT2D eigenvalue weighted by Crippen LogP contribution is 2.37. The number of benzene rings is 2. The van der Waals surface area contributed by atoms with Gasteiger partial charge in [0.1, 0.15) is 0 Å². The van der Waals surface area contributed by atoms with Crippen LogP contribution in [0.15, 0.2) is 42.5 Å². The van der Waals surface area contributed by atoms with Gasteiger partial charge in [-0.15, -0.1) is 0 Å². The Morgan fingerprint density at radius 3 is 2.53 bits per heavy atom. The number of hydrogen-bond donors (Lipinski definition) is 1. The summed E-state index contributed by atoms with van der Waals surface area (Å²) in [5.41, 5.74) is 13.2. The van der Waals surface area contributed by atoms with E-state index in [1.54, 1.807) is 0 Å². The van der Waals surface area contributed by atoms with Crippen LogP contribution in [0.25, 0.3) is 11.1 Å². The van der Waals surface area contributed by atoms with Crippen LogP contribution in [-0.4, -0.2) is 0 Å². The third-order valence-electron chi connectivity index (χ3n) is 3.97. The van der Waals surface area contributed by atoms with Crippen LogP contribution in [0.4, 0.5) is 0 Å². The first-order valence-electron chi connectivity index (χ1n) is 7.12. The molecule has 0 saturated carbocycles. The van der Waals surface area contributed by atoms with Crippen molar-refractivity contribution in [3.63, 3.8) is 0 Å². The van der Waals surface area contributed by atoms with E-state index >= 15 is 0 Å². The first-order chi connectivity index (χ1) is 9.15. The highest BCUT2D eigenvalue weighted by Gasteiger charge is 2.19. The van der Waals surface area contributed by atoms with E-state index in [9.17, 15) is 0 Å². The maximum atomic E-state index is 6.30. The van der Waals surface area contributed by atoms with E-state index < -0.39 is 0 Å². The predicted octanol–water partition coefficient (Wildman–Crippen LogP) is 4.30. The molecule has 0 saturated heterocycles. The van der Waals surface area contributed by atoms with Crippen molar-refractivity contribution in [1.82, 2.24) is 0 Å². The van der Waals surface area contributed by atoms with E-state index in [2.05, 4.69) is 56.3 Å². The minimum Gasteiger partial charge on any atom is -0.324 e. The van der Waals surface area contributed by atoms with Crippen LogP contribution in [0, 0.1) is 5.92 Å². The molecule has 3 rings (SSSR count). The van der Waals surface area contributed by atoms with E-state index in [1.807, 2.05) is 0 Å². The van der Waals surface area contributed by atoms with Gasteiger partial charge < -0.3 is 5.73 Å². The van der Waals surface area contributed by atoms with Crippen LogP contribution < -0.4 is 5.73 Å². The Kier molecular flexibility index (Phi) is 3.16. The van der Waals surface area contributed by atoms with E-state index in [0.29, 0.717) is 5.92 Å². The first-order valence-corrected chi connectivity index (χ1v) is 7.12. The van der Waals surface area contributed by atoms with Gasteiger partial charge in [0.25, 0.3) is 0 Å². The van der Waals surface area contributed by atoms with Gasteiger partial charge in [-0.1, -0.05) is 56.3 Å². The number of fused-ring (bicyclic) bond motifs is 3. The first kappa shape index (κ1) is 12.4. The quantitative estimate of drug-likeness (QED) is 0.737. The Labute approximate surface area is 115 Å². The number of nitrogens with two attached hydrogens (primary N) is 1. The minimum atomic E-state index is 0.161. The van der Waals surface area contributed by atoms with Crippen molar-refractivity contribution in [2.75, 3.05) is 0 Å². The molecule has 2 aromatic carbocycles. The van der Waals surface area contributed by atoms with Crippen LogP contribution >= 0.6 is 0 Å². The molecule has 0 amide bonds. The highest BCUT2D eigenvalue weighted by molar-refractivity contribution is 5.76. The summed E-state index contributed by atoms with van der Waals surface area (Å²) in [6, 6.07) is 15.6. The zero-order valence-electron chi connectivity index (χ0n) is 11.7. The molecule has 1 heteroatoms. The molecule has 0 spiro atoms. The molecule has 1 nitrogen and oxygen atoms in total. The second-order valence-corrected chi connectivity index (χ2v) is 5.99. The molecule has 1 atom stereocenters. The average Bonchev–Trinajstić information content (AvgIpc) is 2.75. The van der Waals surface area contributed by atoms with Gasteiger partial charge in [-0.3, -0.25) is 0 Å². The molecule has 19 heavy (non-hydrogen) atoms. The lowest BCUT2D eigenvalue weighted by atomic mass is 9.95. The van der Waals surface area contributed by atoms with E-state index in [1.165, 1.54) is 27.8 Å². The van der Waals surface area contributed by atoms with Gasteiger partial charge in [0, 0.05) is 6.04 Å². The second-order valence-electron chi connectivity index (χ2n) is 5.99. The van der Waals surface area contributed by atoms with Crippen LogP contribution in [0.2, 0.25) is 0 Å². The highest BCUT2D eigenvalue weighted by atomic mass is 14.6. The second kappa shape index (κ2) is 4.82. The van der Waals surface area contributed by atoms with Gasteiger partial charge in [0.15, 0.2) is 0 Å². The largest absolute Gasteiger partial charge is 0.324 e. The van der Waals surface area contributed by atoms with E-state index in [0.717, 1.165) is 12.8 Å². The molecular weight excluding hydrogens is 230 g/mol. The maximum absolute atomic E-state index is 6.30. The smallest absolute Gasteiger partial charge is 0.0297 e. The summed E-state index contributed by atoms with van der Waals surface area (Å²) >= 11 is 0. The molecule has 0 aliphatic heterocycles. The van der Waals surface area contributed by atoms with E-state index in [-0.39, 0.29) is 6.04 Å². The lowest BCUT2D eigenvalue weighted by molar-refractivity contribution is 0.510. The fourth-order valence-corrected chi connectivity index (χ4v) is 3.04. The molecule has 0 aromatic heterocycles. The van der Waals surface area contributed by atoms with Crippen molar-refractivity contribution in [2.24, 2.45) is 11.7 Å². The van der Waals surface area contributed by atoms with Gasteiger partial charge >= 0.3 is 0 Å². The summed E-state index contributed by atoms with van der Waals surface area (Å²) in [4.78, 5) is 0. The van der Waals surface area contributed by atoms with Crippen LogP contribution in [0.5, 0.6) is 0 Å². The Balaban J connectivity index is 1.93. The minimum absolute atomic E-state index is 0.161. The topological polar surface area (TPSA) is 26.0 Å². The van der Waals surface area contributed by atoms with Crippen LogP contribution in [0.1, 0.15) is 43.0 Å². The molecule has 0 radical (unpaired) electrons. The summed E-state index contributed by atoms with van der Waals surface area (Å²) in [7, 11) is 0. The molecule has 0 fully saturated rings. The fraction of sp³-hybridized carbons (Fsp3) is 0.333. The predicted molar refractivity (Wildman–Crippen MR) is 81.1 cm³/mol. The lowest BCUT2D eigenvalue weighted by Gasteiger charge is -2.15. The molecule has 0 unspecified atom stereocenters. The standard InChI is InChI=1S/C18H21N/c1-12(2)9-18(19)14-7-8-17-15(11-14)10-13-5-3-4-6-16(13)17/h3-8,11-12,18H,9-10,19H2,1-2H3/t18-/m1/s1. The molecule has 1 aliphatic carbocycles. The van der Waals surface area contributed by atoms with Gasteiger partial charge in [-0.2, -0.15) is 0 Å². The van der Waals surface area contributed by atoms with Crippen molar-refractivity contribution in [3.05, 3.63) is 59.2 Å². The average molecular weight is 251 g/mol. The van der Waals surface area contributed by atoms with Crippen molar-refractivity contribution < 1.29 is 0 Å². The molecule has 2 N–H and O–H groups in total. The third kappa shape index (κ3) is 2.31. The molecule has 98 valence electrons. The SMILES string of the molecule is CC(C)C[C@@H](N)c1ccc2c(c1)Cc1ccccc1-2. The Bertz CT molecular complexity index is 598. The van der Waals surface area contributed by atoms with E-state index in [4.69, 9.17) is 5.73 Å². The van der Waals surface area contributed by atoms with Crippen molar-refractivity contribution in [1.29, 1.82) is 0 Å². The van der Waals surface area contributed by atoms with Crippen molar-refractivity contribution in [3.8, 4) is 11.1 Å². The zero-order valence-corrected chi connectivity index (χ0v) is 11.7. The normalized spacial score (nSPS) is 14.3. The summed E-state index contributed by atoms with van der Waals surface area (Å²) in [5.74, 6) is 0.639. The molecule has 2 aromatic rings. The Morgan fingerprint density at radius 1 is 1.00 bits per heavy atom. The molecule has 0 bridgehead atoms. The van der Waals surface area contributed by atoms with Gasteiger partial charge in [0.2, 0.25) is 0 Å². The molecular formula is C18H21N. The molecule has 0 heterocycles. The Hall–Kier alpha value is -1.60. The summed E-state index contributed by atoms with van der Waals surface area (Å²) in [6.07, 6.45) is 2.10. The fourth-order valence-electron chi connectivity index (χ4n) is 3.04. The van der Waals surface area contributed by atoms with Gasteiger partial charge in [-0.25, -0.2) is 0 Å².